The van der Waals surface area contributed by atoms with Crippen molar-refractivity contribution in [2.45, 2.75) is 25.6 Å². The summed E-state index contributed by atoms with van der Waals surface area (Å²) in [5.74, 6) is 0.886. The minimum absolute atomic E-state index is 0.0171. The molecule has 2 unspecified atom stereocenters. The molecule has 0 radical (unpaired) electrons. The number of carbonyl (C=O) groups is 1. The Morgan fingerprint density at radius 2 is 1.94 bits per heavy atom. The molecule has 9 nitrogen and oxygen atoms in total. The molecule has 1 saturated heterocycles. The monoisotopic (exact) mass is 430 g/mol. The minimum atomic E-state index is -0.848. The van der Waals surface area contributed by atoms with E-state index in [1.165, 1.54) is 12.1 Å². The zero-order valence-electron chi connectivity index (χ0n) is 17.8. The van der Waals surface area contributed by atoms with Crippen molar-refractivity contribution in [1.82, 2.24) is 4.90 Å². The van der Waals surface area contributed by atoms with Crippen LogP contribution in [-0.2, 0) is 20.8 Å². The van der Waals surface area contributed by atoms with Gasteiger partial charge >= 0.3 is 5.97 Å². The lowest BCUT2D eigenvalue weighted by Gasteiger charge is -2.40. The van der Waals surface area contributed by atoms with Gasteiger partial charge in [-0.05, 0) is 18.6 Å². The predicted molar refractivity (Wildman–Crippen MR) is 112 cm³/mol. The van der Waals surface area contributed by atoms with Crippen LogP contribution in [0.25, 0.3) is 0 Å². The van der Waals surface area contributed by atoms with Gasteiger partial charge in [0.25, 0.3) is 5.69 Å². The van der Waals surface area contributed by atoms with E-state index in [0.717, 1.165) is 11.1 Å². The van der Waals surface area contributed by atoms with E-state index in [1.807, 2.05) is 12.1 Å². The largest absolute Gasteiger partial charge is 0.497 e. The van der Waals surface area contributed by atoms with Gasteiger partial charge in [-0.3, -0.25) is 15.0 Å². The number of rotatable bonds is 8. The molecule has 0 spiro atoms. The van der Waals surface area contributed by atoms with Gasteiger partial charge in [0, 0.05) is 36.9 Å². The highest BCUT2D eigenvalue weighted by Crippen LogP contribution is 2.35. The molecule has 0 N–H and O–H groups in total. The summed E-state index contributed by atoms with van der Waals surface area (Å²) in [5, 5.41) is 11.0. The number of carbonyl (C=O) groups excluding carboxylic acids is 1. The average Bonchev–Trinajstić information content (AvgIpc) is 2.79. The quantitative estimate of drug-likeness (QED) is 0.358. The SMILES string of the molecule is CCOC(=O)C1OCCN(Cc2ccc(OC)cc2OC)C1c1ccc([N+](=O)[O-])cc1. The van der Waals surface area contributed by atoms with Gasteiger partial charge < -0.3 is 18.9 Å². The fourth-order valence-corrected chi connectivity index (χ4v) is 3.70. The van der Waals surface area contributed by atoms with Crippen LogP contribution >= 0.6 is 0 Å². The molecule has 1 aliphatic heterocycles. The summed E-state index contributed by atoms with van der Waals surface area (Å²) in [6.07, 6.45) is -0.848. The first-order valence-corrected chi connectivity index (χ1v) is 9.96. The van der Waals surface area contributed by atoms with Crippen LogP contribution in [0.1, 0.15) is 24.1 Å². The normalized spacial score (nSPS) is 18.9. The average molecular weight is 430 g/mol. The fraction of sp³-hybridized carbons (Fsp3) is 0.409. The second-order valence-electron chi connectivity index (χ2n) is 6.99. The van der Waals surface area contributed by atoms with Crippen LogP contribution in [0, 0.1) is 10.1 Å². The number of benzene rings is 2. The molecule has 2 aromatic rings. The molecule has 3 rings (SSSR count). The number of nitrogens with zero attached hydrogens (tertiary/aromatic N) is 2. The molecule has 1 heterocycles. The number of hydrogen-bond acceptors (Lipinski definition) is 8. The standard InChI is InChI=1S/C22H26N2O7/c1-4-30-22(25)21-20(15-5-8-17(9-6-15)24(26)27)23(11-12-31-21)14-16-7-10-18(28-2)13-19(16)29-3/h5-10,13,20-21H,4,11-12,14H2,1-3H3. The molecule has 0 amide bonds. The summed E-state index contributed by atoms with van der Waals surface area (Å²) in [7, 11) is 3.18. The van der Waals surface area contributed by atoms with Crippen molar-refractivity contribution >= 4 is 11.7 Å². The van der Waals surface area contributed by atoms with E-state index in [1.54, 1.807) is 39.3 Å². The molecule has 0 bridgehead atoms. The Labute approximate surface area is 180 Å². The van der Waals surface area contributed by atoms with E-state index in [-0.39, 0.29) is 12.3 Å². The Bertz CT molecular complexity index is 917. The Balaban J connectivity index is 1.96. The van der Waals surface area contributed by atoms with E-state index in [2.05, 4.69) is 4.90 Å². The topological polar surface area (TPSA) is 100 Å². The molecular formula is C22H26N2O7. The van der Waals surface area contributed by atoms with Crippen LogP contribution in [0.2, 0.25) is 0 Å². The fourth-order valence-electron chi connectivity index (χ4n) is 3.70. The van der Waals surface area contributed by atoms with E-state index >= 15 is 0 Å². The van der Waals surface area contributed by atoms with Crippen molar-refractivity contribution in [3.05, 3.63) is 63.7 Å². The number of methoxy groups -OCH3 is 2. The molecular weight excluding hydrogens is 404 g/mol. The highest BCUT2D eigenvalue weighted by Gasteiger charge is 2.39. The lowest BCUT2D eigenvalue weighted by molar-refractivity contribution is -0.384. The van der Waals surface area contributed by atoms with Gasteiger partial charge in [0.1, 0.15) is 11.5 Å². The number of nitro benzene ring substituents is 1. The molecule has 0 aromatic heterocycles. The van der Waals surface area contributed by atoms with E-state index in [9.17, 15) is 14.9 Å². The zero-order chi connectivity index (χ0) is 22.4. The smallest absolute Gasteiger partial charge is 0.337 e. The van der Waals surface area contributed by atoms with Gasteiger partial charge in [-0.1, -0.05) is 18.2 Å². The summed E-state index contributed by atoms with van der Waals surface area (Å²) in [6.45, 7) is 3.37. The molecule has 1 aliphatic rings. The van der Waals surface area contributed by atoms with Crippen LogP contribution in [0.3, 0.4) is 0 Å². The highest BCUT2D eigenvalue weighted by atomic mass is 16.6. The predicted octanol–water partition coefficient (Wildman–Crippen LogP) is 3.12. The summed E-state index contributed by atoms with van der Waals surface area (Å²) in [5.41, 5.74) is 1.63. The Morgan fingerprint density at radius 3 is 2.55 bits per heavy atom. The number of morpholine rings is 1. The molecule has 0 aliphatic carbocycles. The van der Waals surface area contributed by atoms with Gasteiger partial charge in [0.05, 0.1) is 38.4 Å². The van der Waals surface area contributed by atoms with Crippen molar-refractivity contribution in [1.29, 1.82) is 0 Å². The first kappa shape index (κ1) is 22.5. The highest BCUT2D eigenvalue weighted by molar-refractivity contribution is 5.76. The number of nitro groups is 1. The minimum Gasteiger partial charge on any atom is -0.497 e. The van der Waals surface area contributed by atoms with E-state index in [0.29, 0.717) is 31.2 Å². The second kappa shape index (κ2) is 10.2. The maximum atomic E-state index is 12.6. The van der Waals surface area contributed by atoms with Crippen LogP contribution in [0.15, 0.2) is 42.5 Å². The Kier molecular flexibility index (Phi) is 7.43. The maximum Gasteiger partial charge on any atom is 0.337 e. The summed E-state index contributed by atoms with van der Waals surface area (Å²) in [4.78, 5) is 25.3. The van der Waals surface area contributed by atoms with Crippen molar-refractivity contribution in [3.63, 3.8) is 0 Å². The number of hydrogen-bond donors (Lipinski definition) is 0. The number of ether oxygens (including phenoxy) is 4. The molecule has 9 heteroatoms. The van der Waals surface area contributed by atoms with Crippen molar-refractivity contribution in [3.8, 4) is 11.5 Å². The Hall–Kier alpha value is -3.17. The number of non-ortho nitro benzene ring substituents is 1. The third kappa shape index (κ3) is 5.12. The first-order valence-electron chi connectivity index (χ1n) is 9.96. The lowest BCUT2D eigenvalue weighted by Crippen LogP contribution is -2.48. The van der Waals surface area contributed by atoms with Crippen LogP contribution < -0.4 is 9.47 Å². The van der Waals surface area contributed by atoms with Gasteiger partial charge in [0.2, 0.25) is 0 Å². The maximum absolute atomic E-state index is 12.6. The second-order valence-corrected chi connectivity index (χ2v) is 6.99. The number of esters is 1. The van der Waals surface area contributed by atoms with Crippen molar-refractivity contribution in [2.75, 3.05) is 34.0 Å². The molecule has 0 saturated carbocycles. The zero-order valence-corrected chi connectivity index (χ0v) is 17.8. The van der Waals surface area contributed by atoms with E-state index in [4.69, 9.17) is 18.9 Å². The third-order valence-electron chi connectivity index (χ3n) is 5.19. The van der Waals surface area contributed by atoms with Crippen molar-refractivity contribution in [2.24, 2.45) is 0 Å². The summed E-state index contributed by atoms with van der Waals surface area (Å²) >= 11 is 0. The summed E-state index contributed by atoms with van der Waals surface area (Å²) < 4.78 is 21.8. The van der Waals surface area contributed by atoms with Crippen molar-refractivity contribution < 1.29 is 28.7 Å². The first-order chi connectivity index (χ1) is 15.0. The third-order valence-corrected chi connectivity index (χ3v) is 5.19. The molecule has 2 aromatic carbocycles. The molecule has 31 heavy (non-hydrogen) atoms. The van der Waals surface area contributed by atoms with Gasteiger partial charge in [-0.2, -0.15) is 0 Å². The van der Waals surface area contributed by atoms with Crippen LogP contribution in [0.4, 0.5) is 5.69 Å². The molecule has 1 fully saturated rings. The summed E-state index contributed by atoms with van der Waals surface area (Å²) in [6, 6.07) is 11.3. The lowest BCUT2D eigenvalue weighted by atomic mass is 9.96. The van der Waals surface area contributed by atoms with Gasteiger partial charge in [-0.25, -0.2) is 4.79 Å². The van der Waals surface area contributed by atoms with Crippen LogP contribution in [-0.4, -0.2) is 55.9 Å². The van der Waals surface area contributed by atoms with Gasteiger partial charge in [-0.15, -0.1) is 0 Å². The molecule has 2 atom stereocenters. The Morgan fingerprint density at radius 1 is 1.19 bits per heavy atom. The van der Waals surface area contributed by atoms with Crippen LogP contribution in [0.5, 0.6) is 11.5 Å². The molecule has 166 valence electrons. The van der Waals surface area contributed by atoms with Gasteiger partial charge in [0.15, 0.2) is 6.10 Å². The van der Waals surface area contributed by atoms with E-state index < -0.39 is 23.0 Å².